The Labute approximate surface area is 156 Å². The Hall–Kier alpha value is -2.77. The van der Waals surface area contributed by atoms with Crippen molar-refractivity contribution in [2.45, 2.75) is 6.42 Å². The number of halogens is 1. The highest BCUT2D eigenvalue weighted by Crippen LogP contribution is 2.23. The number of carbonyl (C=O) groups is 1. The maximum Gasteiger partial charge on any atom is 0.152 e. The van der Waals surface area contributed by atoms with Crippen LogP contribution < -0.4 is 0 Å². The van der Waals surface area contributed by atoms with Gasteiger partial charge in [-0.05, 0) is 29.8 Å². The lowest BCUT2D eigenvalue weighted by atomic mass is 10.0. The molecule has 2 aromatic heterocycles. The predicted octanol–water partition coefficient (Wildman–Crippen LogP) is 2.27. The van der Waals surface area contributed by atoms with Crippen LogP contribution in [-0.4, -0.2) is 58.7 Å². The first-order chi connectivity index (χ1) is 13.2. The molecule has 1 aliphatic heterocycles. The molecule has 0 bridgehead atoms. The molecule has 0 spiro atoms. The highest BCUT2D eigenvalue weighted by atomic mass is 19.1. The standard InChI is InChI=1S/C20H19FN4O2/c21-17-8-16(11-22-12-17)14-1-2-20-15(7-14)9-18(23-24-20)10-19(26)13-25-3-5-27-6-4-25/h1-2,7-9,11-12H,3-6,10,13H2. The van der Waals surface area contributed by atoms with Gasteiger partial charge in [-0.25, -0.2) is 4.39 Å². The van der Waals surface area contributed by atoms with E-state index in [2.05, 4.69) is 20.1 Å². The number of ether oxygens (including phenoxy) is 1. The fourth-order valence-electron chi connectivity index (χ4n) is 3.19. The number of Topliss-reactive ketones (excluding diaryl/α,β-unsaturated/α-hetero) is 1. The molecule has 4 rings (SSSR count). The van der Waals surface area contributed by atoms with Gasteiger partial charge in [0.25, 0.3) is 0 Å². The highest BCUT2D eigenvalue weighted by Gasteiger charge is 2.15. The van der Waals surface area contributed by atoms with Crippen LogP contribution in [-0.2, 0) is 16.0 Å². The minimum atomic E-state index is -0.380. The summed E-state index contributed by atoms with van der Waals surface area (Å²) in [5, 5.41) is 9.24. The third-order valence-electron chi connectivity index (χ3n) is 4.56. The number of ketones is 1. The number of pyridine rings is 1. The topological polar surface area (TPSA) is 68.2 Å². The minimum absolute atomic E-state index is 0.107. The van der Waals surface area contributed by atoms with Crippen molar-refractivity contribution in [1.82, 2.24) is 20.1 Å². The van der Waals surface area contributed by atoms with Crippen LogP contribution in [0.25, 0.3) is 22.0 Å². The van der Waals surface area contributed by atoms with Crippen LogP contribution in [0.3, 0.4) is 0 Å². The first-order valence-electron chi connectivity index (χ1n) is 8.86. The lowest BCUT2D eigenvalue weighted by Gasteiger charge is -2.25. The van der Waals surface area contributed by atoms with Crippen LogP contribution in [0.15, 0.2) is 42.7 Å². The summed E-state index contributed by atoms with van der Waals surface area (Å²) in [6, 6.07) is 8.92. The van der Waals surface area contributed by atoms with Gasteiger partial charge in [0, 0.05) is 30.2 Å². The molecule has 0 atom stereocenters. The molecule has 3 aromatic rings. The fourth-order valence-corrected chi connectivity index (χ4v) is 3.19. The van der Waals surface area contributed by atoms with E-state index in [1.54, 1.807) is 6.20 Å². The number of benzene rings is 1. The van der Waals surface area contributed by atoms with E-state index in [1.807, 2.05) is 24.3 Å². The minimum Gasteiger partial charge on any atom is -0.379 e. The SMILES string of the molecule is O=C(Cc1cc2cc(-c3cncc(F)c3)ccc2nn1)CN1CCOCC1. The van der Waals surface area contributed by atoms with Crippen molar-refractivity contribution in [2.75, 3.05) is 32.8 Å². The molecule has 6 nitrogen and oxygen atoms in total. The first kappa shape index (κ1) is 17.6. The molecular weight excluding hydrogens is 347 g/mol. The van der Waals surface area contributed by atoms with Gasteiger partial charge in [-0.2, -0.15) is 10.2 Å². The van der Waals surface area contributed by atoms with E-state index in [1.165, 1.54) is 12.3 Å². The number of rotatable bonds is 5. The van der Waals surface area contributed by atoms with E-state index in [0.29, 0.717) is 31.0 Å². The molecule has 3 heterocycles. The van der Waals surface area contributed by atoms with Crippen molar-refractivity contribution in [2.24, 2.45) is 0 Å². The van der Waals surface area contributed by atoms with Gasteiger partial charge in [-0.3, -0.25) is 14.7 Å². The summed E-state index contributed by atoms with van der Waals surface area (Å²) in [5.74, 6) is -0.272. The number of hydrogen-bond donors (Lipinski definition) is 0. The molecule has 0 aliphatic carbocycles. The zero-order chi connectivity index (χ0) is 18.6. The molecule has 0 unspecified atom stereocenters. The van der Waals surface area contributed by atoms with Gasteiger partial charge < -0.3 is 4.74 Å². The second-order valence-corrected chi connectivity index (χ2v) is 6.61. The Morgan fingerprint density at radius 1 is 1.07 bits per heavy atom. The molecule has 27 heavy (non-hydrogen) atoms. The molecule has 0 N–H and O–H groups in total. The third-order valence-corrected chi connectivity index (χ3v) is 4.56. The van der Waals surface area contributed by atoms with Gasteiger partial charge in [-0.15, -0.1) is 0 Å². The summed E-state index contributed by atoms with van der Waals surface area (Å²) < 4.78 is 18.7. The summed E-state index contributed by atoms with van der Waals surface area (Å²) in [5.41, 5.74) is 2.90. The number of nitrogens with zero attached hydrogens (tertiary/aromatic N) is 4. The highest BCUT2D eigenvalue weighted by molar-refractivity contribution is 5.86. The van der Waals surface area contributed by atoms with Gasteiger partial charge in [-0.1, -0.05) is 6.07 Å². The number of fused-ring (bicyclic) bond motifs is 1. The zero-order valence-electron chi connectivity index (χ0n) is 14.8. The third kappa shape index (κ3) is 4.32. The Bertz CT molecular complexity index is 973. The van der Waals surface area contributed by atoms with E-state index in [-0.39, 0.29) is 18.0 Å². The van der Waals surface area contributed by atoms with E-state index >= 15 is 0 Å². The van der Waals surface area contributed by atoms with Gasteiger partial charge in [0.2, 0.25) is 0 Å². The quantitative estimate of drug-likeness (QED) is 0.690. The summed E-state index contributed by atoms with van der Waals surface area (Å²) in [7, 11) is 0. The smallest absolute Gasteiger partial charge is 0.152 e. The molecule has 1 aliphatic rings. The first-order valence-corrected chi connectivity index (χ1v) is 8.86. The average Bonchev–Trinajstić information content (AvgIpc) is 2.68. The number of hydrogen-bond acceptors (Lipinski definition) is 6. The van der Waals surface area contributed by atoms with Crippen molar-refractivity contribution < 1.29 is 13.9 Å². The lowest BCUT2D eigenvalue weighted by Crippen LogP contribution is -2.40. The van der Waals surface area contributed by atoms with Crippen LogP contribution in [0.5, 0.6) is 0 Å². The average molecular weight is 366 g/mol. The summed E-state index contributed by atoms with van der Waals surface area (Å²) >= 11 is 0. The fraction of sp³-hybridized carbons (Fsp3) is 0.300. The lowest BCUT2D eigenvalue weighted by molar-refractivity contribution is -0.120. The molecule has 138 valence electrons. The monoisotopic (exact) mass is 366 g/mol. The number of morpholine rings is 1. The van der Waals surface area contributed by atoms with Crippen LogP contribution in [0, 0.1) is 5.82 Å². The normalized spacial score (nSPS) is 15.1. The molecule has 0 radical (unpaired) electrons. The van der Waals surface area contributed by atoms with Crippen LogP contribution in [0.2, 0.25) is 0 Å². The Morgan fingerprint density at radius 3 is 2.74 bits per heavy atom. The summed E-state index contributed by atoms with van der Waals surface area (Å²) in [6.07, 6.45) is 3.03. The van der Waals surface area contributed by atoms with Crippen LogP contribution >= 0.6 is 0 Å². The molecule has 1 saturated heterocycles. The molecule has 1 fully saturated rings. The van der Waals surface area contributed by atoms with Crippen molar-refractivity contribution in [3.63, 3.8) is 0 Å². The van der Waals surface area contributed by atoms with Crippen LogP contribution in [0.4, 0.5) is 4.39 Å². The largest absolute Gasteiger partial charge is 0.379 e. The Kier molecular flexibility index (Phi) is 5.13. The molecule has 7 heteroatoms. The van der Waals surface area contributed by atoms with E-state index in [4.69, 9.17) is 4.74 Å². The van der Waals surface area contributed by atoms with Crippen molar-refractivity contribution in [1.29, 1.82) is 0 Å². The zero-order valence-corrected chi connectivity index (χ0v) is 14.8. The van der Waals surface area contributed by atoms with Crippen molar-refractivity contribution in [3.05, 3.63) is 54.2 Å². The molecule has 1 aromatic carbocycles. The number of carbonyl (C=O) groups excluding carboxylic acids is 1. The van der Waals surface area contributed by atoms with E-state index < -0.39 is 0 Å². The summed E-state index contributed by atoms with van der Waals surface area (Å²) in [4.78, 5) is 18.3. The Morgan fingerprint density at radius 2 is 1.93 bits per heavy atom. The van der Waals surface area contributed by atoms with Gasteiger partial charge in [0.05, 0.1) is 43.6 Å². The molecule has 0 saturated carbocycles. The van der Waals surface area contributed by atoms with Crippen molar-refractivity contribution >= 4 is 16.7 Å². The van der Waals surface area contributed by atoms with Gasteiger partial charge >= 0.3 is 0 Å². The molecular formula is C20H19FN4O2. The maximum absolute atomic E-state index is 13.4. The predicted molar refractivity (Wildman–Crippen MR) is 98.7 cm³/mol. The van der Waals surface area contributed by atoms with E-state index in [0.717, 1.165) is 29.6 Å². The Balaban J connectivity index is 1.53. The second-order valence-electron chi connectivity index (χ2n) is 6.61. The number of aromatic nitrogens is 3. The van der Waals surface area contributed by atoms with Gasteiger partial charge in [0.15, 0.2) is 5.78 Å². The van der Waals surface area contributed by atoms with E-state index in [9.17, 15) is 9.18 Å². The molecule has 0 amide bonds. The van der Waals surface area contributed by atoms with Gasteiger partial charge in [0.1, 0.15) is 5.82 Å². The van der Waals surface area contributed by atoms with Crippen LogP contribution in [0.1, 0.15) is 5.69 Å². The van der Waals surface area contributed by atoms with Crippen molar-refractivity contribution in [3.8, 4) is 11.1 Å². The maximum atomic E-state index is 13.4. The summed E-state index contributed by atoms with van der Waals surface area (Å²) in [6.45, 7) is 3.29. The second kappa shape index (κ2) is 7.85.